The van der Waals surface area contributed by atoms with E-state index in [2.05, 4.69) is 11.9 Å². The maximum Gasteiger partial charge on any atom is 0.228 e. The van der Waals surface area contributed by atoms with Gasteiger partial charge in [0.1, 0.15) is 0 Å². The molecule has 6 heteroatoms. The van der Waals surface area contributed by atoms with E-state index in [1.165, 1.54) is 0 Å². The smallest absolute Gasteiger partial charge is 0.228 e. The van der Waals surface area contributed by atoms with Crippen LogP contribution in [0.15, 0.2) is 5.16 Å². The second-order valence-corrected chi connectivity index (χ2v) is 7.77. The molecule has 1 aromatic rings. The van der Waals surface area contributed by atoms with Crippen molar-refractivity contribution in [3.8, 4) is 0 Å². The highest BCUT2D eigenvalue weighted by Crippen LogP contribution is 2.21. The monoisotopic (exact) mass is 314 g/mol. The Morgan fingerprint density at radius 3 is 2.71 bits per heavy atom. The quantitative estimate of drug-likeness (QED) is 0.810. The first-order valence-electron chi connectivity index (χ1n) is 7.83. The Morgan fingerprint density at radius 1 is 1.33 bits per heavy atom. The van der Waals surface area contributed by atoms with Gasteiger partial charge >= 0.3 is 0 Å². The molecule has 2 heterocycles. The summed E-state index contributed by atoms with van der Waals surface area (Å²) in [7, 11) is -3.40. The zero-order valence-electron chi connectivity index (χ0n) is 13.3. The number of aromatic nitrogens is 2. The summed E-state index contributed by atoms with van der Waals surface area (Å²) >= 11 is 0. The van der Waals surface area contributed by atoms with Crippen molar-refractivity contribution in [2.24, 2.45) is 0 Å². The Kier molecular flexibility index (Phi) is 5.43. The molecule has 120 valence electrons. The van der Waals surface area contributed by atoms with Crippen LogP contribution in [0.4, 0.5) is 0 Å². The molecule has 5 nitrogen and oxygen atoms in total. The molecule has 1 atom stereocenters. The first kappa shape index (κ1) is 16.5. The molecule has 1 unspecified atom stereocenters. The highest BCUT2D eigenvalue weighted by atomic mass is 32.2. The molecule has 0 amide bonds. The van der Waals surface area contributed by atoms with Gasteiger partial charge in [-0.2, -0.15) is 0 Å². The zero-order valence-corrected chi connectivity index (χ0v) is 14.1. The van der Waals surface area contributed by atoms with E-state index in [1.807, 2.05) is 18.4 Å². The zero-order chi connectivity index (χ0) is 15.5. The Labute approximate surface area is 127 Å². The third kappa shape index (κ3) is 3.86. The second-order valence-electron chi connectivity index (χ2n) is 5.84. The van der Waals surface area contributed by atoms with Crippen LogP contribution in [-0.4, -0.2) is 36.4 Å². The third-order valence-corrected chi connectivity index (χ3v) is 5.79. The van der Waals surface area contributed by atoms with Crippen LogP contribution in [0.25, 0.3) is 0 Å². The number of ether oxygens (including phenoxy) is 1. The molecule has 1 aliphatic rings. The van der Waals surface area contributed by atoms with Crippen LogP contribution >= 0.6 is 0 Å². The Morgan fingerprint density at radius 2 is 2.10 bits per heavy atom. The van der Waals surface area contributed by atoms with E-state index in [0.29, 0.717) is 13.2 Å². The van der Waals surface area contributed by atoms with Crippen LogP contribution in [0.3, 0.4) is 0 Å². The molecule has 0 spiro atoms. The van der Waals surface area contributed by atoms with Gasteiger partial charge in [-0.15, -0.1) is 0 Å². The summed E-state index contributed by atoms with van der Waals surface area (Å²) in [6, 6.07) is 0. The first-order valence-corrected chi connectivity index (χ1v) is 9.49. The fourth-order valence-corrected chi connectivity index (χ4v) is 4.44. The maximum atomic E-state index is 12.7. The molecule has 0 saturated carbocycles. The molecule has 0 aromatic carbocycles. The average Bonchev–Trinajstić information content (AvgIpc) is 2.74. The number of imidazole rings is 1. The van der Waals surface area contributed by atoms with E-state index in [4.69, 9.17) is 4.74 Å². The molecular formula is C15H26N2O3S. The summed E-state index contributed by atoms with van der Waals surface area (Å²) in [5.74, 6) is 0.0506. The van der Waals surface area contributed by atoms with Gasteiger partial charge in [0.2, 0.25) is 15.0 Å². The average molecular weight is 314 g/mol. The molecule has 2 rings (SSSR count). The number of hydrogen-bond donors (Lipinski definition) is 0. The van der Waals surface area contributed by atoms with Gasteiger partial charge in [0.25, 0.3) is 0 Å². The summed E-state index contributed by atoms with van der Waals surface area (Å²) < 4.78 is 32.8. The summed E-state index contributed by atoms with van der Waals surface area (Å²) in [6.07, 6.45) is 4.71. The Bertz CT molecular complexity index is 572. The third-order valence-electron chi connectivity index (χ3n) is 4.12. The summed E-state index contributed by atoms with van der Waals surface area (Å²) in [6.45, 7) is 7.29. The van der Waals surface area contributed by atoms with Gasteiger partial charge in [0, 0.05) is 18.8 Å². The molecule has 0 bridgehead atoms. The van der Waals surface area contributed by atoms with Crippen molar-refractivity contribution in [1.82, 2.24) is 9.55 Å². The Balaban J connectivity index is 2.24. The van der Waals surface area contributed by atoms with Crippen molar-refractivity contribution in [2.75, 3.05) is 12.4 Å². The van der Waals surface area contributed by atoms with Crippen LogP contribution in [0.2, 0.25) is 0 Å². The van der Waals surface area contributed by atoms with Crippen LogP contribution in [0.5, 0.6) is 0 Å². The van der Waals surface area contributed by atoms with Gasteiger partial charge in [0.05, 0.1) is 17.6 Å². The van der Waals surface area contributed by atoms with E-state index >= 15 is 0 Å². The lowest BCUT2D eigenvalue weighted by Crippen LogP contribution is -2.29. The summed E-state index contributed by atoms with van der Waals surface area (Å²) in [4.78, 5) is 4.32. The molecule has 1 saturated heterocycles. The fourth-order valence-electron chi connectivity index (χ4n) is 2.70. The SMILES string of the molecule is CCCCn1c(S(=O)(=O)CC2CCCCO2)nc(C)c1C. The number of unbranched alkanes of at least 4 members (excludes halogenated alkanes) is 1. The minimum atomic E-state index is -3.40. The molecule has 21 heavy (non-hydrogen) atoms. The van der Waals surface area contributed by atoms with Gasteiger partial charge in [0.15, 0.2) is 0 Å². The predicted octanol–water partition coefficient (Wildman–Crippen LogP) is 2.64. The van der Waals surface area contributed by atoms with E-state index in [1.54, 1.807) is 0 Å². The van der Waals surface area contributed by atoms with E-state index in [0.717, 1.165) is 43.5 Å². The predicted molar refractivity (Wildman–Crippen MR) is 82.3 cm³/mol. The lowest BCUT2D eigenvalue weighted by molar-refractivity contribution is 0.0304. The molecular weight excluding hydrogens is 288 g/mol. The van der Waals surface area contributed by atoms with E-state index in [-0.39, 0.29) is 17.0 Å². The molecule has 1 aliphatic heterocycles. The normalized spacial score (nSPS) is 19.9. The van der Waals surface area contributed by atoms with Crippen LogP contribution in [-0.2, 0) is 21.1 Å². The number of sulfone groups is 1. The lowest BCUT2D eigenvalue weighted by Gasteiger charge is -2.22. The van der Waals surface area contributed by atoms with Crippen molar-refractivity contribution in [2.45, 2.75) is 70.7 Å². The molecule has 1 fully saturated rings. The van der Waals surface area contributed by atoms with E-state index < -0.39 is 9.84 Å². The number of rotatable bonds is 6. The topological polar surface area (TPSA) is 61.2 Å². The van der Waals surface area contributed by atoms with Gasteiger partial charge in [-0.05, 0) is 39.5 Å². The number of nitrogens with zero attached hydrogens (tertiary/aromatic N) is 2. The van der Waals surface area contributed by atoms with Gasteiger partial charge in [-0.1, -0.05) is 13.3 Å². The largest absolute Gasteiger partial charge is 0.377 e. The first-order chi connectivity index (χ1) is 9.95. The van der Waals surface area contributed by atoms with Crippen molar-refractivity contribution in [1.29, 1.82) is 0 Å². The van der Waals surface area contributed by atoms with Crippen molar-refractivity contribution < 1.29 is 13.2 Å². The molecule has 1 aromatic heterocycles. The summed E-state index contributed by atoms with van der Waals surface area (Å²) in [5, 5.41) is 0.222. The Hall–Kier alpha value is -0.880. The number of aryl methyl sites for hydroxylation is 1. The minimum Gasteiger partial charge on any atom is -0.377 e. The minimum absolute atomic E-state index is 0.0506. The fraction of sp³-hybridized carbons (Fsp3) is 0.800. The van der Waals surface area contributed by atoms with Crippen LogP contribution in [0.1, 0.15) is 50.4 Å². The van der Waals surface area contributed by atoms with Crippen LogP contribution in [0, 0.1) is 13.8 Å². The van der Waals surface area contributed by atoms with Crippen molar-refractivity contribution in [3.05, 3.63) is 11.4 Å². The summed E-state index contributed by atoms with van der Waals surface area (Å²) in [5.41, 5.74) is 1.75. The van der Waals surface area contributed by atoms with Gasteiger partial charge < -0.3 is 9.30 Å². The number of hydrogen-bond acceptors (Lipinski definition) is 4. The molecule has 0 radical (unpaired) electrons. The van der Waals surface area contributed by atoms with Crippen molar-refractivity contribution in [3.63, 3.8) is 0 Å². The molecule has 0 aliphatic carbocycles. The van der Waals surface area contributed by atoms with Crippen molar-refractivity contribution >= 4 is 9.84 Å². The highest BCUT2D eigenvalue weighted by molar-refractivity contribution is 7.91. The van der Waals surface area contributed by atoms with Gasteiger partial charge in [-0.25, -0.2) is 13.4 Å². The molecule has 0 N–H and O–H groups in total. The lowest BCUT2D eigenvalue weighted by atomic mass is 10.1. The van der Waals surface area contributed by atoms with E-state index in [9.17, 15) is 8.42 Å². The van der Waals surface area contributed by atoms with Crippen LogP contribution < -0.4 is 0 Å². The standard InChI is InChI=1S/C15H26N2O3S/c1-4-5-9-17-13(3)12(2)16-15(17)21(18,19)11-14-8-6-7-10-20-14/h14H,4-11H2,1-3H3. The maximum absolute atomic E-state index is 12.7. The van der Waals surface area contributed by atoms with Gasteiger partial charge in [-0.3, -0.25) is 0 Å². The second kappa shape index (κ2) is 6.92. The highest BCUT2D eigenvalue weighted by Gasteiger charge is 2.28.